The lowest BCUT2D eigenvalue weighted by atomic mass is 10.0. The van der Waals surface area contributed by atoms with Crippen molar-refractivity contribution in [2.24, 2.45) is 5.92 Å². The smallest absolute Gasteiger partial charge is 0.219 e. The first-order valence-electron chi connectivity index (χ1n) is 5.76. The van der Waals surface area contributed by atoms with Crippen molar-refractivity contribution >= 4 is 17.7 Å². The molecular formula is C11H20N2OS. The van der Waals surface area contributed by atoms with E-state index in [9.17, 15) is 4.79 Å². The average molecular weight is 228 g/mol. The third kappa shape index (κ3) is 2.48. The molecule has 2 fully saturated rings. The van der Waals surface area contributed by atoms with Crippen LogP contribution in [-0.4, -0.2) is 59.4 Å². The predicted octanol–water partition coefficient (Wildman–Crippen LogP) is 0.902. The molecule has 2 rings (SSSR count). The number of rotatable bonds is 0. The Kier molecular flexibility index (Phi) is 3.57. The van der Waals surface area contributed by atoms with E-state index in [0.717, 1.165) is 25.4 Å². The van der Waals surface area contributed by atoms with Gasteiger partial charge in [0.25, 0.3) is 0 Å². The normalized spacial score (nSPS) is 36.9. The van der Waals surface area contributed by atoms with Gasteiger partial charge in [-0.15, -0.1) is 0 Å². The molecule has 3 unspecified atom stereocenters. The van der Waals surface area contributed by atoms with E-state index in [1.807, 2.05) is 11.8 Å². The molecule has 86 valence electrons. The standard InChI is InChI=1S/C11H20N2OS/c1-9-7-12-3-4-13(10(2)14)11(9)8-15-6-5-12/h9,11H,3-8H2,1-2H3. The molecule has 2 aliphatic heterocycles. The highest BCUT2D eigenvalue weighted by Crippen LogP contribution is 2.24. The highest BCUT2D eigenvalue weighted by molar-refractivity contribution is 7.99. The first-order chi connectivity index (χ1) is 7.18. The molecule has 2 bridgehead atoms. The predicted molar refractivity (Wildman–Crippen MR) is 64.1 cm³/mol. The number of nitrogens with zero attached hydrogens (tertiary/aromatic N) is 2. The van der Waals surface area contributed by atoms with E-state index in [0.29, 0.717) is 12.0 Å². The molecule has 2 heterocycles. The van der Waals surface area contributed by atoms with Crippen LogP contribution in [0.2, 0.25) is 0 Å². The Balaban J connectivity index is 2.18. The van der Waals surface area contributed by atoms with E-state index in [1.165, 1.54) is 12.3 Å². The van der Waals surface area contributed by atoms with Gasteiger partial charge in [0.05, 0.1) is 0 Å². The van der Waals surface area contributed by atoms with Crippen molar-refractivity contribution in [1.29, 1.82) is 0 Å². The molecule has 3 nitrogen and oxygen atoms in total. The Bertz CT molecular complexity index is 247. The third-order valence-electron chi connectivity index (χ3n) is 3.51. The zero-order chi connectivity index (χ0) is 10.8. The number of amides is 1. The lowest BCUT2D eigenvalue weighted by Gasteiger charge is -2.33. The van der Waals surface area contributed by atoms with Gasteiger partial charge in [-0.3, -0.25) is 4.79 Å². The van der Waals surface area contributed by atoms with Gasteiger partial charge >= 0.3 is 0 Å². The second kappa shape index (κ2) is 4.74. The van der Waals surface area contributed by atoms with Crippen molar-refractivity contribution in [3.63, 3.8) is 0 Å². The van der Waals surface area contributed by atoms with Crippen LogP contribution in [0.25, 0.3) is 0 Å². The fourth-order valence-corrected chi connectivity index (χ4v) is 3.89. The summed E-state index contributed by atoms with van der Waals surface area (Å²) in [5, 5.41) is 0. The molecule has 0 spiro atoms. The molecule has 0 aromatic rings. The van der Waals surface area contributed by atoms with Crippen LogP contribution in [0.1, 0.15) is 13.8 Å². The van der Waals surface area contributed by atoms with Gasteiger partial charge in [-0.2, -0.15) is 11.8 Å². The molecule has 1 amide bonds. The average Bonchev–Trinajstić information content (AvgIpc) is 2.27. The van der Waals surface area contributed by atoms with Gasteiger partial charge < -0.3 is 9.80 Å². The minimum atomic E-state index is 0.246. The van der Waals surface area contributed by atoms with E-state index < -0.39 is 0 Å². The van der Waals surface area contributed by atoms with Crippen molar-refractivity contribution in [1.82, 2.24) is 9.80 Å². The van der Waals surface area contributed by atoms with Crippen LogP contribution in [0.4, 0.5) is 0 Å². The highest BCUT2D eigenvalue weighted by Gasteiger charge is 2.32. The molecular weight excluding hydrogens is 208 g/mol. The number of thioether (sulfide) groups is 1. The van der Waals surface area contributed by atoms with Crippen LogP contribution in [0, 0.1) is 5.92 Å². The fraction of sp³-hybridized carbons (Fsp3) is 0.909. The monoisotopic (exact) mass is 228 g/mol. The first kappa shape index (κ1) is 11.3. The lowest BCUT2D eigenvalue weighted by Crippen LogP contribution is -2.45. The Hall–Kier alpha value is -0.220. The zero-order valence-corrected chi connectivity index (χ0v) is 10.4. The van der Waals surface area contributed by atoms with E-state index in [-0.39, 0.29) is 5.91 Å². The summed E-state index contributed by atoms with van der Waals surface area (Å²) in [4.78, 5) is 16.2. The van der Waals surface area contributed by atoms with Gasteiger partial charge in [0.2, 0.25) is 5.91 Å². The van der Waals surface area contributed by atoms with Crippen LogP contribution in [-0.2, 0) is 4.79 Å². The maximum Gasteiger partial charge on any atom is 0.219 e. The van der Waals surface area contributed by atoms with E-state index in [4.69, 9.17) is 0 Å². The lowest BCUT2D eigenvalue weighted by molar-refractivity contribution is -0.131. The largest absolute Gasteiger partial charge is 0.338 e. The molecule has 0 aromatic carbocycles. The van der Waals surface area contributed by atoms with Crippen LogP contribution in [0.15, 0.2) is 0 Å². The van der Waals surface area contributed by atoms with Crippen molar-refractivity contribution in [2.45, 2.75) is 19.9 Å². The topological polar surface area (TPSA) is 23.6 Å². The number of carbonyl (C=O) groups is 1. The van der Waals surface area contributed by atoms with Crippen molar-refractivity contribution < 1.29 is 4.79 Å². The second-order valence-corrected chi connectivity index (χ2v) is 5.78. The molecule has 3 atom stereocenters. The van der Waals surface area contributed by atoms with Gasteiger partial charge in [0.15, 0.2) is 0 Å². The van der Waals surface area contributed by atoms with Gasteiger partial charge in [0, 0.05) is 50.7 Å². The van der Waals surface area contributed by atoms with Crippen LogP contribution in [0.3, 0.4) is 0 Å². The van der Waals surface area contributed by atoms with E-state index >= 15 is 0 Å². The fourth-order valence-electron chi connectivity index (χ4n) is 2.59. The Morgan fingerprint density at radius 1 is 1.33 bits per heavy atom. The van der Waals surface area contributed by atoms with Crippen LogP contribution < -0.4 is 0 Å². The molecule has 15 heavy (non-hydrogen) atoms. The first-order valence-corrected chi connectivity index (χ1v) is 6.91. The molecule has 2 saturated heterocycles. The maximum absolute atomic E-state index is 11.6. The molecule has 2 aliphatic rings. The number of hydrogen-bond donors (Lipinski definition) is 0. The van der Waals surface area contributed by atoms with Gasteiger partial charge in [-0.25, -0.2) is 0 Å². The summed E-state index contributed by atoms with van der Waals surface area (Å²) in [5.74, 6) is 3.20. The van der Waals surface area contributed by atoms with Crippen molar-refractivity contribution in [3.05, 3.63) is 0 Å². The maximum atomic E-state index is 11.6. The molecule has 0 aromatic heterocycles. The second-order valence-electron chi connectivity index (χ2n) is 4.63. The number of fused-ring (bicyclic) bond motifs is 3. The molecule has 0 aliphatic carbocycles. The quantitative estimate of drug-likeness (QED) is 0.615. The van der Waals surface area contributed by atoms with Crippen LogP contribution in [0.5, 0.6) is 0 Å². The summed E-state index contributed by atoms with van der Waals surface area (Å²) < 4.78 is 0. The van der Waals surface area contributed by atoms with Gasteiger partial charge in [-0.1, -0.05) is 6.92 Å². The number of hydrogen-bond acceptors (Lipinski definition) is 3. The van der Waals surface area contributed by atoms with E-state index in [2.05, 4.69) is 16.7 Å². The Labute approximate surface area is 96.2 Å². The number of carbonyl (C=O) groups excluding carboxylic acids is 1. The minimum Gasteiger partial charge on any atom is -0.338 e. The summed E-state index contributed by atoms with van der Waals surface area (Å²) in [6.45, 7) is 8.32. The third-order valence-corrected chi connectivity index (χ3v) is 4.55. The summed E-state index contributed by atoms with van der Waals surface area (Å²) in [6, 6.07) is 0.456. The summed E-state index contributed by atoms with van der Waals surface area (Å²) in [5.41, 5.74) is 0. The van der Waals surface area contributed by atoms with E-state index in [1.54, 1.807) is 6.92 Å². The zero-order valence-electron chi connectivity index (χ0n) is 9.61. The summed E-state index contributed by atoms with van der Waals surface area (Å²) in [6.07, 6.45) is 0. The molecule has 0 radical (unpaired) electrons. The molecule has 0 saturated carbocycles. The van der Waals surface area contributed by atoms with Crippen molar-refractivity contribution in [2.75, 3.05) is 37.7 Å². The Morgan fingerprint density at radius 2 is 2.13 bits per heavy atom. The van der Waals surface area contributed by atoms with Crippen LogP contribution >= 0.6 is 11.8 Å². The SMILES string of the molecule is CC(=O)N1CCN2CCSCC1C(C)C2. The van der Waals surface area contributed by atoms with Gasteiger partial charge in [-0.05, 0) is 5.92 Å². The molecule has 0 N–H and O–H groups in total. The summed E-state index contributed by atoms with van der Waals surface area (Å²) in [7, 11) is 0. The summed E-state index contributed by atoms with van der Waals surface area (Å²) >= 11 is 1.99. The Morgan fingerprint density at radius 3 is 2.87 bits per heavy atom. The highest BCUT2D eigenvalue weighted by atomic mass is 32.2. The molecule has 4 heteroatoms. The van der Waals surface area contributed by atoms with Crippen molar-refractivity contribution in [3.8, 4) is 0 Å². The minimum absolute atomic E-state index is 0.246. The van der Waals surface area contributed by atoms with Gasteiger partial charge in [0.1, 0.15) is 0 Å².